The highest BCUT2D eigenvalue weighted by atomic mass is 35.5. The van der Waals surface area contributed by atoms with E-state index in [-0.39, 0.29) is 5.91 Å². The molecular formula is C14H20ClNO. The Bertz CT molecular complexity index is 348. The van der Waals surface area contributed by atoms with Gasteiger partial charge in [-0.1, -0.05) is 29.8 Å². The molecule has 0 fully saturated rings. The summed E-state index contributed by atoms with van der Waals surface area (Å²) in [7, 11) is 0. The van der Waals surface area contributed by atoms with Gasteiger partial charge in [-0.2, -0.15) is 0 Å². The molecule has 0 aliphatic carbocycles. The molecule has 94 valence electrons. The van der Waals surface area contributed by atoms with E-state index in [1.807, 2.05) is 43.0 Å². The van der Waals surface area contributed by atoms with Gasteiger partial charge < -0.3 is 4.90 Å². The molecule has 2 nitrogen and oxygen atoms in total. The number of hydrogen-bond acceptors (Lipinski definition) is 1. The van der Waals surface area contributed by atoms with Gasteiger partial charge in [0.25, 0.3) is 0 Å². The molecule has 0 aliphatic heterocycles. The maximum absolute atomic E-state index is 12.0. The third kappa shape index (κ3) is 4.78. The second-order valence-corrected chi connectivity index (χ2v) is 4.56. The highest BCUT2D eigenvalue weighted by Crippen LogP contribution is 2.06. The van der Waals surface area contributed by atoms with Crippen molar-refractivity contribution < 1.29 is 4.79 Å². The van der Waals surface area contributed by atoms with Crippen molar-refractivity contribution >= 4 is 17.5 Å². The number of carbonyl (C=O) groups excluding carboxylic acids is 1. The number of aryl methyl sites for hydroxylation is 1. The van der Waals surface area contributed by atoms with Crippen molar-refractivity contribution in [1.29, 1.82) is 0 Å². The molecule has 3 heteroatoms. The van der Waals surface area contributed by atoms with E-state index in [1.165, 1.54) is 5.56 Å². The van der Waals surface area contributed by atoms with Crippen LogP contribution in [0.15, 0.2) is 24.3 Å². The summed E-state index contributed by atoms with van der Waals surface area (Å²) < 4.78 is 0. The third-order valence-electron chi connectivity index (χ3n) is 2.77. The zero-order chi connectivity index (χ0) is 12.7. The van der Waals surface area contributed by atoms with Crippen LogP contribution in [0.2, 0.25) is 0 Å². The lowest BCUT2D eigenvalue weighted by molar-refractivity contribution is -0.130. The minimum absolute atomic E-state index is 0.182. The van der Waals surface area contributed by atoms with E-state index in [2.05, 4.69) is 0 Å². The zero-order valence-electron chi connectivity index (χ0n) is 10.6. The summed E-state index contributed by atoms with van der Waals surface area (Å²) in [5, 5.41) is 0. The number of carbonyl (C=O) groups is 1. The quantitative estimate of drug-likeness (QED) is 0.714. The van der Waals surface area contributed by atoms with Crippen LogP contribution in [0, 0.1) is 6.92 Å². The van der Waals surface area contributed by atoms with Gasteiger partial charge in [0.2, 0.25) is 5.91 Å². The Kier molecular flexibility index (Phi) is 6.06. The lowest BCUT2D eigenvalue weighted by Gasteiger charge is -2.20. The molecule has 1 rings (SSSR count). The van der Waals surface area contributed by atoms with Crippen LogP contribution < -0.4 is 0 Å². The first-order valence-electron chi connectivity index (χ1n) is 6.06. The number of benzene rings is 1. The van der Waals surface area contributed by atoms with Crippen molar-refractivity contribution in [3.8, 4) is 0 Å². The summed E-state index contributed by atoms with van der Waals surface area (Å²) >= 11 is 5.65. The zero-order valence-corrected chi connectivity index (χ0v) is 11.3. The second-order valence-electron chi connectivity index (χ2n) is 4.18. The molecule has 0 aliphatic rings. The van der Waals surface area contributed by atoms with Crippen molar-refractivity contribution in [3.05, 3.63) is 35.4 Å². The molecule has 0 N–H and O–H groups in total. The summed E-state index contributed by atoms with van der Waals surface area (Å²) in [5.74, 6) is 0.787. The molecule has 1 aromatic carbocycles. The van der Waals surface area contributed by atoms with Gasteiger partial charge in [0, 0.05) is 19.0 Å². The summed E-state index contributed by atoms with van der Waals surface area (Å²) in [4.78, 5) is 13.9. The fourth-order valence-electron chi connectivity index (χ4n) is 1.70. The Hall–Kier alpha value is -1.02. The van der Waals surface area contributed by atoms with Gasteiger partial charge in [0.1, 0.15) is 0 Å². The third-order valence-corrected chi connectivity index (χ3v) is 3.04. The molecule has 0 unspecified atom stereocenters. The Balaban J connectivity index is 2.54. The van der Waals surface area contributed by atoms with Crippen LogP contribution in [0.3, 0.4) is 0 Å². The van der Waals surface area contributed by atoms with Crippen molar-refractivity contribution in [3.63, 3.8) is 0 Å². The van der Waals surface area contributed by atoms with Gasteiger partial charge in [0.05, 0.1) is 6.42 Å². The van der Waals surface area contributed by atoms with Crippen LogP contribution in [0.25, 0.3) is 0 Å². The second kappa shape index (κ2) is 7.33. The van der Waals surface area contributed by atoms with Crippen LogP contribution in [0.4, 0.5) is 0 Å². The lowest BCUT2D eigenvalue weighted by atomic mass is 10.1. The Morgan fingerprint density at radius 1 is 1.29 bits per heavy atom. The number of rotatable bonds is 6. The first-order valence-corrected chi connectivity index (χ1v) is 6.60. The summed E-state index contributed by atoms with van der Waals surface area (Å²) in [5.41, 5.74) is 2.29. The molecule has 0 atom stereocenters. The number of likely N-dealkylation sites (N-methyl/N-ethyl adjacent to an activating group) is 1. The minimum Gasteiger partial charge on any atom is -0.343 e. The van der Waals surface area contributed by atoms with Crippen LogP contribution in [-0.2, 0) is 11.2 Å². The molecule has 0 heterocycles. The normalized spacial score (nSPS) is 10.3. The molecule has 17 heavy (non-hydrogen) atoms. The summed E-state index contributed by atoms with van der Waals surface area (Å²) in [6.07, 6.45) is 1.34. The van der Waals surface area contributed by atoms with E-state index < -0.39 is 0 Å². The van der Waals surface area contributed by atoms with E-state index >= 15 is 0 Å². The average molecular weight is 254 g/mol. The molecule has 0 aromatic heterocycles. The van der Waals surface area contributed by atoms with Crippen molar-refractivity contribution in [2.24, 2.45) is 0 Å². The molecule has 0 bridgehead atoms. The number of halogens is 1. The highest BCUT2D eigenvalue weighted by molar-refractivity contribution is 6.17. The van der Waals surface area contributed by atoms with Crippen LogP contribution >= 0.6 is 11.6 Å². The molecule has 0 radical (unpaired) electrons. The predicted molar refractivity (Wildman–Crippen MR) is 72.5 cm³/mol. The van der Waals surface area contributed by atoms with Gasteiger partial charge in [-0.05, 0) is 25.8 Å². The first kappa shape index (κ1) is 14.0. The standard InChI is InChI=1S/C14H20ClNO/c1-3-16(10-4-9-15)14(17)11-13-7-5-12(2)6-8-13/h5-8H,3-4,9-11H2,1-2H3. The number of alkyl halides is 1. The fraction of sp³-hybridized carbons (Fsp3) is 0.500. The van der Waals surface area contributed by atoms with E-state index in [1.54, 1.807) is 0 Å². The molecular weight excluding hydrogens is 234 g/mol. The smallest absolute Gasteiger partial charge is 0.226 e. The van der Waals surface area contributed by atoms with E-state index in [0.717, 1.165) is 25.1 Å². The van der Waals surface area contributed by atoms with E-state index in [4.69, 9.17) is 11.6 Å². The Morgan fingerprint density at radius 3 is 2.47 bits per heavy atom. The topological polar surface area (TPSA) is 20.3 Å². The first-order chi connectivity index (χ1) is 8.17. The fourth-order valence-corrected chi connectivity index (χ4v) is 1.82. The van der Waals surface area contributed by atoms with Crippen molar-refractivity contribution in [2.45, 2.75) is 26.7 Å². The van der Waals surface area contributed by atoms with Crippen molar-refractivity contribution in [1.82, 2.24) is 4.90 Å². The Labute approximate surface area is 109 Å². The molecule has 0 saturated carbocycles. The number of hydrogen-bond donors (Lipinski definition) is 0. The van der Waals surface area contributed by atoms with Gasteiger partial charge >= 0.3 is 0 Å². The van der Waals surface area contributed by atoms with Gasteiger partial charge in [-0.15, -0.1) is 11.6 Å². The number of nitrogens with zero attached hydrogens (tertiary/aromatic N) is 1. The van der Waals surface area contributed by atoms with Gasteiger partial charge in [-0.3, -0.25) is 4.79 Å². The van der Waals surface area contributed by atoms with Crippen LogP contribution in [0.5, 0.6) is 0 Å². The largest absolute Gasteiger partial charge is 0.343 e. The Morgan fingerprint density at radius 2 is 1.94 bits per heavy atom. The minimum atomic E-state index is 0.182. The van der Waals surface area contributed by atoms with Gasteiger partial charge in [0.15, 0.2) is 0 Å². The van der Waals surface area contributed by atoms with Gasteiger partial charge in [-0.25, -0.2) is 0 Å². The van der Waals surface area contributed by atoms with Crippen LogP contribution in [-0.4, -0.2) is 29.8 Å². The average Bonchev–Trinajstić information content (AvgIpc) is 2.33. The highest BCUT2D eigenvalue weighted by Gasteiger charge is 2.11. The van der Waals surface area contributed by atoms with Crippen LogP contribution in [0.1, 0.15) is 24.5 Å². The lowest BCUT2D eigenvalue weighted by Crippen LogP contribution is -2.33. The molecule has 0 saturated heterocycles. The van der Waals surface area contributed by atoms with E-state index in [0.29, 0.717) is 12.3 Å². The monoisotopic (exact) mass is 253 g/mol. The summed E-state index contributed by atoms with van der Waals surface area (Å²) in [6.45, 7) is 5.55. The number of amides is 1. The van der Waals surface area contributed by atoms with E-state index in [9.17, 15) is 4.79 Å². The maximum atomic E-state index is 12.0. The molecule has 1 amide bonds. The predicted octanol–water partition coefficient (Wildman–Crippen LogP) is 3.01. The molecule has 0 spiro atoms. The SMILES string of the molecule is CCN(CCCCl)C(=O)Cc1ccc(C)cc1. The molecule has 1 aromatic rings. The summed E-state index contributed by atoms with van der Waals surface area (Å²) in [6, 6.07) is 8.11. The maximum Gasteiger partial charge on any atom is 0.226 e. The van der Waals surface area contributed by atoms with Crippen molar-refractivity contribution in [2.75, 3.05) is 19.0 Å².